The Morgan fingerprint density at radius 2 is 2.00 bits per heavy atom. The molecule has 0 saturated carbocycles. The van der Waals surface area contributed by atoms with E-state index in [0.717, 1.165) is 6.54 Å². The van der Waals surface area contributed by atoms with Crippen LogP contribution in [0.25, 0.3) is 0 Å². The second kappa shape index (κ2) is 4.54. The lowest BCUT2D eigenvalue weighted by Crippen LogP contribution is -2.17. The van der Waals surface area contributed by atoms with Crippen LogP contribution in [0, 0.1) is 0 Å². The van der Waals surface area contributed by atoms with Crippen LogP contribution in [-0.2, 0) is 12.8 Å². The van der Waals surface area contributed by atoms with Crippen LogP contribution in [0.3, 0.4) is 0 Å². The highest BCUT2D eigenvalue weighted by atomic mass is 35.5. The molecular weight excluding hydrogens is 206 g/mol. The zero-order valence-electron chi connectivity index (χ0n) is 9.46. The number of nitrogens with zero attached hydrogens (tertiary/aromatic N) is 1. The number of hydrogen-bond acceptors (Lipinski definition) is 1. The normalized spacial score (nSPS) is 16.8. The summed E-state index contributed by atoms with van der Waals surface area (Å²) < 4.78 is 0. The summed E-state index contributed by atoms with van der Waals surface area (Å²) in [6.07, 6.45) is 3.78. The molecule has 1 nitrogen and oxygen atoms in total. The Labute approximate surface area is 97.0 Å². The van der Waals surface area contributed by atoms with Crippen molar-refractivity contribution >= 4 is 11.6 Å². The Morgan fingerprint density at radius 3 is 2.73 bits per heavy atom. The fourth-order valence-electron chi connectivity index (χ4n) is 2.21. The molecule has 1 unspecified atom stereocenters. The van der Waals surface area contributed by atoms with Crippen LogP contribution in [-0.4, -0.2) is 25.5 Å². The van der Waals surface area contributed by atoms with Crippen LogP contribution < -0.4 is 0 Å². The number of fused-ring (bicyclic) bond motifs is 1. The highest BCUT2D eigenvalue weighted by molar-refractivity contribution is 6.21. The first-order valence-electron chi connectivity index (χ1n) is 5.57. The number of aryl methyl sites for hydroxylation is 2. The fraction of sp³-hybridized carbons (Fsp3) is 0.538. The van der Waals surface area contributed by atoms with Gasteiger partial charge >= 0.3 is 0 Å². The summed E-state index contributed by atoms with van der Waals surface area (Å²) in [6.45, 7) is 0.903. The second-order valence-corrected chi connectivity index (χ2v) is 5.14. The first-order valence-corrected chi connectivity index (χ1v) is 6.01. The van der Waals surface area contributed by atoms with Crippen LogP contribution in [0.2, 0.25) is 0 Å². The maximum Gasteiger partial charge on any atom is 0.0712 e. The Kier molecular flexibility index (Phi) is 3.32. The quantitative estimate of drug-likeness (QED) is 0.713. The first-order chi connectivity index (χ1) is 7.16. The summed E-state index contributed by atoms with van der Waals surface area (Å²) in [7, 11) is 4.12. The standard InChI is InChI=1S/C13H18ClN/c1-15(2)9-13(14)12-7-6-10-4-3-5-11(10)8-12/h6-8,13H,3-5,9H2,1-2H3. The van der Waals surface area contributed by atoms with Crippen molar-refractivity contribution in [2.75, 3.05) is 20.6 Å². The highest BCUT2D eigenvalue weighted by Crippen LogP contribution is 2.28. The average Bonchev–Trinajstić information content (AvgIpc) is 2.62. The monoisotopic (exact) mass is 223 g/mol. The van der Waals surface area contributed by atoms with Crippen LogP contribution in [0.15, 0.2) is 18.2 Å². The van der Waals surface area contributed by atoms with Crippen molar-refractivity contribution in [1.82, 2.24) is 4.90 Å². The van der Waals surface area contributed by atoms with Gasteiger partial charge in [0.2, 0.25) is 0 Å². The molecule has 1 aromatic rings. The zero-order chi connectivity index (χ0) is 10.8. The van der Waals surface area contributed by atoms with Crippen molar-refractivity contribution in [3.05, 3.63) is 34.9 Å². The van der Waals surface area contributed by atoms with Gasteiger partial charge in [-0.1, -0.05) is 18.2 Å². The van der Waals surface area contributed by atoms with E-state index in [0.29, 0.717) is 0 Å². The van der Waals surface area contributed by atoms with E-state index >= 15 is 0 Å². The van der Waals surface area contributed by atoms with Gasteiger partial charge in [-0.2, -0.15) is 0 Å². The molecule has 15 heavy (non-hydrogen) atoms. The number of benzene rings is 1. The number of likely N-dealkylation sites (N-methyl/N-ethyl adjacent to an activating group) is 1. The number of hydrogen-bond donors (Lipinski definition) is 0. The third kappa shape index (κ3) is 2.53. The molecular formula is C13H18ClN. The smallest absolute Gasteiger partial charge is 0.0712 e. The third-order valence-corrected chi connectivity index (χ3v) is 3.40. The molecule has 0 amide bonds. The average molecular weight is 224 g/mol. The lowest BCUT2D eigenvalue weighted by Gasteiger charge is -2.16. The molecule has 0 radical (unpaired) electrons. The van der Waals surface area contributed by atoms with Gasteiger partial charge in [0.15, 0.2) is 0 Å². The van der Waals surface area contributed by atoms with Gasteiger partial charge in [0.1, 0.15) is 0 Å². The molecule has 1 atom stereocenters. The minimum Gasteiger partial charge on any atom is -0.308 e. The van der Waals surface area contributed by atoms with E-state index in [1.807, 2.05) is 0 Å². The lowest BCUT2D eigenvalue weighted by atomic mass is 10.0. The Hall–Kier alpha value is -0.530. The fourth-order valence-corrected chi connectivity index (χ4v) is 2.62. The number of alkyl halides is 1. The summed E-state index contributed by atoms with van der Waals surface area (Å²) in [5.74, 6) is 0. The van der Waals surface area contributed by atoms with Crippen LogP contribution >= 0.6 is 11.6 Å². The van der Waals surface area contributed by atoms with Crippen molar-refractivity contribution in [2.24, 2.45) is 0 Å². The summed E-state index contributed by atoms with van der Waals surface area (Å²) in [4.78, 5) is 2.13. The molecule has 0 aromatic heterocycles. The molecule has 2 rings (SSSR count). The van der Waals surface area contributed by atoms with Gasteiger partial charge in [-0.3, -0.25) is 0 Å². The van der Waals surface area contributed by atoms with Crippen LogP contribution in [0.4, 0.5) is 0 Å². The molecule has 2 heteroatoms. The summed E-state index contributed by atoms with van der Waals surface area (Å²) >= 11 is 6.36. The van der Waals surface area contributed by atoms with E-state index in [-0.39, 0.29) is 5.38 Å². The van der Waals surface area contributed by atoms with Gasteiger partial charge in [0, 0.05) is 6.54 Å². The summed E-state index contributed by atoms with van der Waals surface area (Å²) in [6, 6.07) is 6.73. The number of halogens is 1. The van der Waals surface area contributed by atoms with E-state index in [1.54, 1.807) is 0 Å². The first kappa shape index (κ1) is 11.0. The van der Waals surface area contributed by atoms with Crippen molar-refractivity contribution in [1.29, 1.82) is 0 Å². The molecule has 0 N–H and O–H groups in total. The topological polar surface area (TPSA) is 3.24 Å². The van der Waals surface area contributed by atoms with E-state index in [9.17, 15) is 0 Å². The van der Waals surface area contributed by atoms with Gasteiger partial charge in [-0.05, 0) is 50.0 Å². The minimum atomic E-state index is 0.117. The molecule has 0 heterocycles. The molecule has 0 aliphatic heterocycles. The molecule has 0 fully saturated rings. The lowest BCUT2D eigenvalue weighted by molar-refractivity contribution is 0.407. The predicted molar refractivity (Wildman–Crippen MR) is 65.6 cm³/mol. The van der Waals surface area contributed by atoms with Crippen molar-refractivity contribution in [3.8, 4) is 0 Å². The molecule has 1 aromatic carbocycles. The third-order valence-electron chi connectivity index (χ3n) is 3.01. The van der Waals surface area contributed by atoms with Gasteiger partial charge < -0.3 is 4.90 Å². The Bertz CT molecular complexity index is 346. The zero-order valence-corrected chi connectivity index (χ0v) is 10.2. The van der Waals surface area contributed by atoms with Crippen molar-refractivity contribution in [2.45, 2.75) is 24.6 Å². The van der Waals surface area contributed by atoms with E-state index < -0.39 is 0 Å². The van der Waals surface area contributed by atoms with Gasteiger partial charge in [0.05, 0.1) is 5.38 Å². The highest BCUT2D eigenvalue weighted by Gasteiger charge is 2.14. The van der Waals surface area contributed by atoms with Crippen LogP contribution in [0.5, 0.6) is 0 Å². The molecule has 1 aliphatic carbocycles. The summed E-state index contributed by atoms with van der Waals surface area (Å²) in [5.41, 5.74) is 4.30. The van der Waals surface area contributed by atoms with E-state index in [4.69, 9.17) is 11.6 Å². The van der Waals surface area contributed by atoms with Crippen molar-refractivity contribution < 1.29 is 0 Å². The Balaban J connectivity index is 2.15. The molecule has 0 saturated heterocycles. The Morgan fingerprint density at radius 1 is 1.27 bits per heavy atom. The van der Waals surface area contributed by atoms with Gasteiger partial charge in [-0.25, -0.2) is 0 Å². The molecule has 0 bridgehead atoms. The summed E-state index contributed by atoms with van der Waals surface area (Å²) in [5, 5.41) is 0.117. The maximum atomic E-state index is 6.36. The van der Waals surface area contributed by atoms with Crippen LogP contribution in [0.1, 0.15) is 28.5 Å². The number of rotatable bonds is 3. The second-order valence-electron chi connectivity index (χ2n) is 4.61. The molecule has 1 aliphatic rings. The largest absolute Gasteiger partial charge is 0.308 e. The van der Waals surface area contributed by atoms with Gasteiger partial charge in [-0.15, -0.1) is 11.6 Å². The maximum absolute atomic E-state index is 6.36. The molecule has 82 valence electrons. The minimum absolute atomic E-state index is 0.117. The van der Waals surface area contributed by atoms with E-state index in [1.165, 1.54) is 36.0 Å². The van der Waals surface area contributed by atoms with Gasteiger partial charge in [0.25, 0.3) is 0 Å². The molecule has 0 spiro atoms. The van der Waals surface area contributed by atoms with E-state index in [2.05, 4.69) is 37.2 Å². The predicted octanol–water partition coefficient (Wildman–Crippen LogP) is 3.02. The SMILES string of the molecule is CN(C)CC(Cl)c1ccc2c(c1)CCC2. The van der Waals surface area contributed by atoms with Crippen molar-refractivity contribution in [3.63, 3.8) is 0 Å².